The lowest BCUT2D eigenvalue weighted by Crippen LogP contribution is -2.33. The van der Waals surface area contributed by atoms with Crippen LogP contribution in [0, 0.1) is 6.92 Å². The summed E-state index contributed by atoms with van der Waals surface area (Å²) in [6.45, 7) is 7.79. The predicted octanol–water partition coefficient (Wildman–Crippen LogP) is 1.72. The molecule has 1 aromatic rings. The van der Waals surface area contributed by atoms with E-state index in [1.165, 1.54) is 25.9 Å². The largest absolute Gasteiger partial charge is 0.366 e. The van der Waals surface area contributed by atoms with Gasteiger partial charge in [-0.15, -0.1) is 0 Å². The van der Waals surface area contributed by atoms with Crippen LogP contribution in [0.5, 0.6) is 0 Å². The van der Waals surface area contributed by atoms with Crippen molar-refractivity contribution in [1.29, 1.82) is 0 Å². The fourth-order valence-electron chi connectivity index (χ4n) is 2.34. The highest BCUT2D eigenvalue weighted by atomic mass is 15.2. The molecule has 0 bridgehead atoms. The second kappa shape index (κ2) is 6.00. The van der Waals surface area contributed by atoms with Crippen molar-refractivity contribution in [3.63, 3.8) is 0 Å². The fraction of sp³-hybridized carbons (Fsp3) is 0.692. The Labute approximate surface area is 109 Å². The zero-order valence-electron chi connectivity index (χ0n) is 11.5. The topological polar surface area (TPSA) is 53.1 Å². The number of anilines is 2. The van der Waals surface area contributed by atoms with Gasteiger partial charge in [0.05, 0.1) is 0 Å². The van der Waals surface area contributed by atoms with Gasteiger partial charge >= 0.3 is 0 Å². The number of hydrogen-bond acceptors (Lipinski definition) is 5. The highest BCUT2D eigenvalue weighted by Gasteiger charge is 2.15. The van der Waals surface area contributed by atoms with Gasteiger partial charge in [-0.1, -0.05) is 0 Å². The molecule has 1 aliphatic heterocycles. The second-order valence-corrected chi connectivity index (χ2v) is 5.03. The maximum absolute atomic E-state index is 4.45. The van der Waals surface area contributed by atoms with E-state index in [9.17, 15) is 0 Å². The zero-order valence-corrected chi connectivity index (χ0v) is 11.5. The molecule has 1 atom stereocenters. The molecular formula is C13H23N5. The van der Waals surface area contributed by atoms with Gasteiger partial charge in [-0.25, -0.2) is 4.98 Å². The molecule has 100 valence electrons. The van der Waals surface area contributed by atoms with Crippen LogP contribution >= 0.6 is 0 Å². The van der Waals surface area contributed by atoms with Crippen molar-refractivity contribution in [2.75, 3.05) is 37.3 Å². The van der Waals surface area contributed by atoms with Crippen LogP contribution in [-0.2, 0) is 0 Å². The van der Waals surface area contributed by atoms with Gasteiger partial charge in [0, 0.05) is 31.4 Å². The Hall–Kier alpha value is -1.36. The quantitative estimate of drug-likeness (QED) is 0.832. The summed E-state index contributed by atoms with van der Waals surface area (Å²) >= 11 is 0. The van der Waals surface area contributed by atoms with Crippen LogP contribution < -0.4 is 10.6 Å². The van der Waals surface area contributed by atoms with Crippen molar-refractivity contribution in [3.05, 3.63) is 11.8 Å². The summed E-state index contributed by atoms with van der Waals surface area (Å²) in [4.78, 5) is 11.2. The standard InChI is InChI=1S/C13H23N5/c1-10-8-15-13(14-3)17-12(10)16-11(2)9-18-6-4-5-7-18/h8,11H,4-7,9H2,1-3H3,(H2,14,15,16,17). The van der Waals surface area contributed by atoms with Crippen molar-refractivity contribution in [1.82, 2.24) is 14.9 Å². The molecule has 1 aliphatic rings. The maximum atomic E-state index is 4.45. The first-order chi connectivity index (χ1) is 8.69. The van der Waals surface area contributed by atoms with Crippen molar-refractivity contribution < 1.29 is 0 Å². The Morgan fingerprint density at radius 2 is 2.11 bits per heavy atom. The SMILES string of the molecule is CNc1ncc(C)c(NC(C)CN2CCCC2)n1. The van der Waals surface area contributed by atoms with E-state index in [4.69, 9.17) is 0 Å². The summed E-state index contributed by atoms with van der Waals surface area (Å²) in [5.74, 6) is 1.59. The lowest BCUT2D eigenvalue weighted by atomic mass is 10.2. The van der Waals surface area contributed by atoms with Gasteiger partial charge < -0.3 is 15.5 Å². The summed E-state index contributed by atoms with van der Waals surface area (Å²) in [6, 6.07) is 0.404. The molecule has 1 saturated heterocycles. The van der Waals surface area contributed by atoms with Gasteiger partial charge in [0.25, 0.3) is 0 Å². The van der Waals surface area contributed by atoms with E-state index >= 15 is 0 Å². The lowest BCUT2D eigenvalue weighted by Gasteiger charge is -2.22. The number of nitrogens with one attached hydrogen (secondary N) is 2. The number of aryl methyl sites for hydroxylation is 1. The summed E-state index contributed by atoms with van der Waals surface area (Å²) in [5, 5.41) is 6.45. The van der Waals surface area contributed by atoms with Crippen LogP contribution in [0.15, 0.2) is 6.20 Å². The van der Waals surface area contributed by atoms with Crippen LogP contribution in [-0.4, -0.2) is 47.6 Å². The van der Waals surface area contributed by atoms with E-state index in [1.54, 1.807) is 0 Å². The summed E-state index contributed by atoms with van der Waals surface area (Å²) in [5.41, 5.74) is 1.09. The molecule has 1 unspecified atom stereocenters. The third-order valence-electron chi connectivity index (χ3n) is 3.31. The second-order valence-electron chi connectivity index (χ2n) is 5.03. The molecule has 18 heavy (non-hydrogen) atoms. The normalized spacial score (nSPS) is 17.7. The van der Waals surface area contributed by atoms with E-state index in [1.807, 2.05) is 20.2 Å². The maximum Gasteiger partial charge on any atom is 0.224 e. The molecule has 5 heteroatoms. The van der Waals surface area contributed by atoms with E-state index in [0.29, 0.717) is 12.0 Å². The summed E-state index contributed by atoms with van der Waals surface area (Å²) in [7, 11) is 1.84. The molecule has 0 radical (unpaired) electrons. The molecule has 5 nitrogen and oxygen atoms in total. The van der Waals surface area contributed by atoms with Gasteiger partial charge in [-0.2, -0.15) is 4.98 Å². The molecule has 2 N–H and O–H groups in total. The fourth-order valence-corrected chi connectivity index (χ4v) is 2.34. The Balaban J connectivity index is 1.94. The molecule has 0 aromatic carbocycles. The van der Waals surface area contributed by atoms with Crippen LogP contribution in [0.2, 0.25) is 0 Å². The summed E-state index contributed by atoms with van der Waals surface area (Å²) in [6.07, 6.45) is 4.52. The average molecular weight is 249 g/mol. The van der Waals surface area contributed by atoms with Crippen LogP contribution in [0.25, 0.3) is 0 Å². The van der Waals surface area contributed by atoms with Gasteiger partial charge in [0.2, 0.25) is 5.95 Å². The third-order valence-corrected chi connectivity index (χ3v) is 3.31. The highest BCUT2D eigenvalue weighted by molar-refractivity contribution is 5.46. The van der Waals surface area contributed by atoms with Crippen molar-refractivity contribution in [2.45, 2.75) is 32.7 Å². The predicted molar refractivity (Wildman–Crippen MR) is 75.1 cm³/mol. The van der Waals surface area contributed by atoms with Gasteiger partial charge in [0.15, 0.2) is 0 Å². The minimum atomic E-state index is 0.404. The van der Waals surface area contributed by atoms with Gasteiger partial charge in [-0.3, -0.25) is 0 Å². The number of rotatable bonds is 5. The van der Waals surface area contributed by atoms with Crippen LogP contribution in [0.1, 0.15) is 25.3 Å². The smallest absolute Gasteiger partial charge is 0.224 e. The van der Waals surface area contributed by atoms with Crippen molar-refractivity contribution >= 4 is 11.8 Å². The van der Waals surface area contributed by atoms with E-state index in [-0.39, 0.29) is 0 Å². The monoisotopic (exact) mass is 249 g/mol. The van der Waals surface area contributed by atoms with Gasteiger partial charge in [0.1, 0.15) is 5.82 Å². The zero-order chi connectivity index (χ0) is 13.0. The first kappa shape index (κ1) is 13.1. The van der Waals surface area contributed by atoms with E-state index in [2.05, 4.69) is 32.4 Å². The molecule has 0 saturated carbocycles. The number of hydrogen-bond donors (Lipinski definition) is 2. The molecule has 0 amide bonds. The number of aromatic nitrogens is 2. The molecule has 0 spiro atoms. The van der Waals surface area contributed by atoms with E-state index < -0.39 is 0 Å². The first-order valence-electron chi connectivity index (χ1n) is 6.69. The third kappa shape index (κ3) is 3.32. The Morgan fingerprint density at radius 3 is 2.78 bits per heavy atom. The number of nitrogens with zero attached hydrogens (tertiary/aromatic N) is 3. The molecule has 1 aromatic heterocycles. The Morgan fingerprint density at radius 1 is 1.39 bits per heavy atom. The minimum absolute atomic E-state index is 0.404. The van der Waals surface area contributed by atoms with Crippen molar-refractivity contribution in [2.24, 2.45) is 0 Å². The average Bonchev–Trinajstić information content (AvgIpc) is 2.84. The molecule has 0 aliphatic carbocycles. The molecule has 2 rings (SSSR count). The Kier molecular flexibility index (Phi) is 4.36. The minimum Gasteiger partial charge on any atom is -0.366 e. The van der Waals surface area contributed by atoms with E-state index in [0.717, 1.165) is 17.9 Å². The molecule has 2 heterocycles. The molecular weight excluding hydrogens is 226 g/mol. The van der Waals surface area contributed by atoms with Gasteiger partial charge in [-0.05, 0) is 39.8 Å². The van der Waals surface area contributed by atoms with Crippen LogP contribution in [0.3, 0.4) is 0 Å². The first-order valence-corrected chi connectivity index (χ1v) is 6.69. The number of likely N-dealkylation sites (tertiary alicyclic amines) is 1. The van der Waals surface area contributed by atoms with Crippen LogP contribution in [0.4, 0.5) is 11.8 Å². The Bertz CT molecular complexity index is 387. The molecule has 1 fully saturated rings. The van der Waals surface area contributed by atoms with Crippen molar-refractivity contribution in [3.8, 4) is 0 Å². The highest BCUT2D eigenvalue weighted by Crippen LogP contribution is 2.15. The lowest BCUT2D eigenvalue weighted by molar-refractivity contribution is 0.327. The summed E-state index contributed by atoms with van der Waals surface area (Å²) < 4.78 is 0.